The number of aromatic nitrogens is 2. The summed E-state index contributed by atoms with van der Waals surface area (Å²) in [5.74, 6) is 0. The van der Waals surface area contributed by atoms with E-state index in [1.54, 1.807) is 13.3 Å². The summed E-state index contributed by atoms with van der Waals surface area (Å²) < 4.78 is 6.29. The van der Waals surface area contributed by atoms with Crippen LogP contribution in [-0.2, 0) is 11.3 Å². The molecule has 1 saturated heterocycles. The van der Waals surface area contributed by atoms with Crippen LogP contribution in [0.15, 0.2) is 11.0 Å². The van der Waals surface area contributed by atoms with E-state index in [4.69, 9.17) is 16.3 Å². The molecule has 1 aliphatic heterocycles. The molecule has 1 unspecified atom stereocenters. The molecule has 3 rings (SSSR count). The number of anilines is 1. The fraction of sp³-hybridized carbons (Fsp3) is 0.714. The average Bonchev–Trinajstić information content (AvgIpc) is 3.23. The SMILES string of the molecule is COCCn1ncc(NC2CCN(C3CC3)C2)c(Cl)c1=O. The van der Waals surface area contributed by atoms with Crippen LogP contribution in [0.3, 0.4) is 0 Å². The van der Waals surface area contributed by atoms with Crippen LogP contribution in [0, 0.1) is 0 Å². The van der Waals surface area contributed by atoms with E-state index in [2.05, 4.69) is 15.3 Å². The lowest BCUT2D eigenvalue weighted by atomic mass is 10.2. The summed E-state index contributed by atoms with van der Waals surface area (Å²) in [6.07, 6.45) is 5.37. The number of nitrogens with zero attached hydrogens (tertiary/aromatic N) is 3. The molecule has 6 nitrogen and oxygen atoms in total. The number of likely N-dealkylation sites (tertiary alicyclic amines) is 1. The molecule has 7 heteroatoms. The third kappa shape index (κ3) is 3.39. The van der Waals surface area contributed by atoms with Gasteiger partial charge in [-0.25, -0.2) is 4.68 Å². The first kappa shape index (κ1) is 14.8. The zero-order chi connectivity index (χ0) is 14.8. The smallest absolute Gasteiger partial charge is 0.287 e. The first-order valence-corrected chi connectivity index (χ1v) is 7.82. The van der Waals surface area contributed by atoms with Crippen molar-refractivity contribution in [3.8, 4) is 0 Å². The maximum Gasteiger partial charge on any atom is 0.287 e. The molecule has 2 aliphatic rings. The molecule has 0 amide bonds. The number of hydrogen-bond acceptors (Lipinski definition) is 5. The Balaban J connectivity index is 1.65. The molecule has 1 aromatic heterocycles. The number of ether oxygens (including phenoxy) is 1. The van der Waals surface area contributed by atoms with Crippen LogP contribution in [0.5, 0.6) is 0 Å². The molecule has 0 bridgehead atoms. The van der Waals surface area contributed by atoms with Crippen molar-refractivity contribution in [2.45, 2.75) is 37.9 Å². The second kappa shape index (κ2) is 6.34. The van der Waals surface area contributed by atoms with E-state index in [-0.39, 0.29) is 10.6 Å². The summed E-state index contributed by atoms with van der Waals surface area (Å²) >= 11 is 6.18. The molecule has 2 fully saturated rings. The lowest BCUT2D eigenvalue weighted by Gasteiger charge is -2.17. The van der Waals surface area contributed by atoms with Gasteiger partial charge in [0.25, 0.3) is 5.56 Å². The third-order valence-corrected chi connectivity index (χ3v) is 4.50. The Hall–Kier alpha value is -1.11. The van der Waals surface area contributed by atoms with Crippen LogP contribution in [0.2, 0.25) is 5.02 Å². The Morgan fingerprint density at radius 3 is 3.00 bits per heavy atom. The van der Waals surface area contributed by atoms with Gasteiger partial charge in [-0.15, -0.1) is 0 Å². The molecule has 0 spiro atoms. The largest absolute Gasteiger partial charge is 0.383 e. The first-order chi connectivity index (χ1) is 10.2. The zero-order valence-corrected chi connectivity index (χ0v) is 13.0. The van der Waals surface area contributed by atoms with Gasteiger partial charge < -0.3 is 10.1 Å². The van der Waals surface area contributed by atoms with Gasteiger partial charge >= 0.3 is 0 Å². The second-order valence-corrected chi connectivity index (χ2v) is 6.13. The van der Waals surface area contributed by atoms with Crippen molar-refractivity contribution < 1.29 is 4.74 Å². The molecule has 0 aromatic carbocycles. The van der Waals surface area contributed by atoms with Crippen molar-refractivity contribution in [1.82, 2.24) is 14.7 Å². The number of halogens is 1. The standard InChI is InChI=1S/C14H21ClN4O2/c1-21-7-6-19-14(20)13(15)12(8-16-19)17-10-4-5-18(9-10)11-2-3-11/h8,10-11,17H,2-7,9H2,1H3. The van der Waals surface area contributed by atoms with E-state index >= 15 is 0 Å². The van der Waals surface area contributed by atoms with Gasteiger partial charge in [0, 0.05) is 32.3 Å². The van der Waals surface area contributed by atoms with Gasteiger partial charge in [-0.3, -0.25) is 9.69 Å². The summed E-state index contributed by atoms with van der Waals surface area (Å²) in [4.78, 5) is 14.6. The Labute approximate surface area is 129 Å². The molecule has 0 radical (unpaired) electrons. The monoisotopic (exact) mass is 312 g/mol. The molecule has 1 aliphatic carbocycles. The van der Waals surface area contributed by atoms with Gasteiger partial charge in [0.15, 0.2) is 0 Å². The summed E-state index contributed by atoms with van der Waals surface area (Å²) in [6, 6.07) is 1.13. The average molecular weight is 313 g/mol. The maximum absolute atomic E-state index is 12.1. The zero-order valence-electron chi connectivity index (χ0n) is 12.2. The Morgan fingerprint density at radius 2 is 2.29 bits per heavy atom. The second-order valence-electron chi connectivity index (χ2n) is 5.75. The molecule has 116 valence electrons. The summed E-state index contributed by atoms with van der Waals surface area (Å²) in [5.41, 5.74) is 0.369. The highest BCUT2D eigenvalue weighted by molar-refractivity contribution is 6.32. The van der Waals surface area contributed by atoms with Crippen LogP contribution < -0.4 is 10.9 Å². The van der Waals surface area contributed by atoms with Gasteiger partial charge in [-0.2, -0.15) is 5.10 Å². The minimum atomic E-state index is -0.268. The Morgan fingerprint density at radius 1 is 1.48 bits per heavy atom. The number of nitrogens with one attached hydrogen (secondary N) is 1. The van der Waals surface area contributed by atoms with E-state index in [1.165, 1.54) is 17.5 Å². The van der Waals surface area contributed by atoms with Gasteiger partial charge in [0.2, 0.25) is 0 Å². The lowest BCUT2D eigenvalue weighted by molar-refractivity contribution is 0.182. The van der Waals surface area contributed by atoms with Gasteiger partial charge in [-0.05, 0) is 19.3 Å². The molecular formula is C14H21ClN4O2. The first-order valence-electron chi connectivity index (χ1n) is 7.44. The van der Waals surface area contributed by atoms with E-state index in [0.717, 1.165) is 25.6 Å². The van der Waals surface area contributed by atoms with E-state index in [9.17, 15) is 4.79 Å². The van der Waals surface area contributed by atoms with Gasteiger partial charge in [-0.1, -0.05) is 11.6 Å². The van der Waals surface area contributed by atoms with Crippen LogP contribution in [0.25, 0.3) is 0 Å². The third-order valence-electron chi connectivity index (χ3n) is 4.13. The van der Waals surface area contributed by atoms with Crippen LogP contribution in [-0.4, -0.2) is 53.6 Å². The highest BCUT2D eigenvalue weighted by Crippen LogP contribution is 2.31. The van der Waals surface area contributed by atoms with E-state index in [1.807, 2.05) is 0 Å². The molecule has 2 heterocycles. The molecule has 1 aromatic rings. The van der Waals surface area contributed by atoms with Gasteiger partial charge in [0.1, 0.15) is 5.02 Å². The fourth-order valence-corrected chi connectivity index (χ4v) is 3.00. The van der Waals surface area contributed by atoms with Crippen molar-refractivity contribution in [3.63, 3.8) is 0 Å². The van der Waals surface area contributed by atoms with Crippen molar-refractivity contribution in [2.24, 2.45) is 0 Å². The predicted molar refractivity (Wildman–Crippen MR) is 82.0 cm³/mol. The highest BCUT2D eigenvalue weighted by Gasteiger charge is 2.34. The lowest BCUT2D eigenvalue weighted by Crippen LogP contribution is -2.30. The molecule has 1 N–H and O–H groups in total. The number of rotatable bonds is 6. The van der Waals surface area contributed by atoms with Crippen molar-refractivity contribution in [1.29, 1.82) is 0 Å². The topological polar surface area (TPSA) is 59.4 Å². The summed E-state index contributed by atoms with van der Waals surface area (Å²) in [5, 5.41) is 7.73. The molecule has 1 saturated carbocycles. The van der Waals surface area contributed by atoms with E-state index < -0.39 is 0 Å². The number of hydrogen-bond donors (Lipinski definition) is 1. The Kier molecular flexibility index (Phi) is 4.47. The molecule has 1 atom stereocenters. The molecule has 21 heavy (non-hydrogen) atoms. The summed E-state index contributed by atoms with van der Waals surface area (Å²) in [6.45, 7) is 3.00. The maximum atomic E-state index is 12.1. The fourth-order valence-electron chi connectivity index (χ4n) is 2.80. The summed E-state index contributed by atoms with van der Waals surface area (Å²) in [7, 11) is 1.59. The highest BCUT2D eigenvalue weighted by atomic mass is 35.5. The number of methoxy groups -OCH3 is 1. The quantitative estimate of drug-likeness (QED) is 0.855. The molecular weight excluding hydrogens is 292 g/mol. The van der Waals surface area contributed by atoms with E-state index in [0.29, 0.717) is 24.9 Å². The normalized spacial score (nSPS) is 22.7. The Bertz CT molecular complexity index is 558. The van der Waals surface area contributed by atoms with Crippen LogP contribution in [0.4, 0.5) is 5.69 Å². The van der Waals surface area contributed by atoms with Crippen molar-refractivity contribution >= 4 is 17.3 Å². The van der Waals surface area contributed by atoms with Crippen molar-refractivity contribution in [3.05, 3.63) is 21.6 Å². The minimum Gasteiger partial charge on any atom is -0.383 e. The van der Waals surface area contributed by atoms with Gasteiger partial charge in [0.05, 0.1) is 25.0 Å². The minimum absolute atomic E-state index is 0.214. The predicted octanol–water partition coefficient (Wildman–Crippen LogP) is 1.19. The van der Waals surface area contributed by atoms with Crippen molar-refractivity contribution in [2.75, 3.05) is 32.1 Å². The van der Waals surface area contributed by atoms with Crippen LogP contribution in [0.1, 0.15) is 19.3 Å². The van der Waals surface area contributed by atoms with Crippen LogP contribution >= 0.6 is 11.6 Å².